The zero-order chi connectivity index (χ0) is 12.4. The number of aliphatic carboxylic acids is 1. The number of nitrogens with one attached hydrogen (secondary N) is 1. The highest BCUT2D eigenvalue weighted by atomic mass is 19.1. The lowest BCUT2D eigenvalue weighted by Crippen LogP contribution is -2.32. The molecule has 0 saturated carbocycles. The molecule has 1 aliphatic heterocycles. The Morgan fingerprint density at radius 1 is 1.41 bits per heavy atom. The molecular weight excluding hydrogens is 223 g/mol. The number of carboxylic acids is 1. The molecule has 0 aliphatic carbocycles. The Morgan fingerprint density at radius 3 is 2.59 bits per heavy atom. The molecule has 1 aliphatic rings. The van der Waals surface area contributed by atoms with Crippen molar-refractivity contribution in [3.63, 3.8) is 0 Å². The van der Waals surface area contributed by atoms with Gasteiger partial charge in [0, 0.05) is 0 Å². The fourth-order valence-corrected chi connectivity index (χ4v) is 1.94. The van der Waals surface area contributed by atoms with Crippen molar-refractivity contribution >= 4 is 5.97 Å². The SMILES string of the molecule is NC1=C(C(=O)O)CC[C@H](c2ccc(F)cc2)N1. The van der Waals surface area contributed by atoms with Gasteiger partial charge in [0.25, 0.3) is 0 Å². The fourth-order valence-electron chi connectivity index (χ4n) is 1.94. The molecule has 4 N–H and O–H groups in total. The lowest BCUT2D eigenvalue weighted by Gasteiger charge is -2.26. The lowest BCUT2D eigenvalue weighted by atomic mass is 9.95. The van der Waals surface area contributed by atoms with E-state index in [0.717, 1.165) is 5.56 Å². The lowest BCUT2D eigenvalue weighted by molar-refractivity contribution is -0.133. The second-order valence-electron chi connectivity index (χ2n) is 3.98. The first-order chi connectivity index (χ1) is 8.08. The van der Waals surface area contributed by atoms with Crippen LogP contribution in [0.3, 0.4) is 0 Å². The van der Waals surface area contributed by atoms with Crippen LogP contribution in [0.25, 0.3) is 0 Å². The van der Waals surface area contributed by atoms with Gasteiger partial charge in [-0.2, -0.15) is 0 Å². The Kier molecular flexibility index (Phi) is 2.99. The Bertz CT molecular complexity index is 468. The van der Waals surface area contributed by atoms with E-state index < -0.39 is 5.97 Å². The molecule has 0 fully saturated rings. The van der Waals surface area contributed by atoms with Gasteiger partial charge in [-0.05, 0) is 30.5 Å². The topological polar surface area (TPSA) is 75.4 Å². The molecule has 0 unspecified atom stereocenters. The molecule has 0 radical (unpaired) electrons. The van der Waals surface area contributed by atoms with Gasteiger partial charge in [-0.1, -0.05) is 12.1 Å². The largest absolute Gasteiger partial charge is 0.478 e. The summed E-state index contributed by atoms with van der Waals surface area (Å²) in [7, 11) is 0. The summed E-state index contributed by atoms with van der Waals surface area (Å²) in [5.74, 6) is -1.09. The average Bonchev–Trinajstić information content (AvgIpc) is 2.29. The van der Waals surface area contributed by atoms with Crippen LogP contribution in [-0.2, 0) is 4.79 Å². The molecule has 0 spiro atoms. The van der Waals surface area contributed by atoms with E-state index in [0.29, 0.717) is 12.8 Å². The van der Waals surface area contributed by atoms with Gasteiger partial charge >= 0.3 is 5.97 Å². The predicted molar refractivity (Wildman–Crippen MR) is 60.4 cm³/mol. The predicted octanol–water partition coefficient (Wildman–Crippen LogP) is 1.51. The van der Waals surface area contributed by atoms with Crippen molar-refractivity contribution in [1.82, 2.24) is 5.32 Å². The maximum Gasteiger partial charge on any atom is 0.335 e. The quantitative estimate of drug-likeness (QED) is 0.727. The van der Waals surface area contributed by atoms with Gasteiger partial charge in [-0.15, -0.1) is 0 Å². The third-order valence-electron chi connectivity index (χ3n) is 2.87. The van der Waals surface area contributed by atoms with Crippen molar-refractivity contribution in [2.75, 3.05) is 0 Å². The molecule has 1 aromatic rings. The summed E-state index contributed by atoms with van der Waals surface area (Å²) in [6.07, 6.45) is 1.05. The Morgan fingerprint density at radius 2 is 2.06 bits per heavy atom. The summed E-state index contributed by atoms with van der Waals surface area (Å²) in [6, 6.07) is 6.05. The number of carboxylic acid groups (broad SMARTS) is 1. The number of carbonyl (C=O) groups is 1. The first-order valence-electron chi connectivity index (χ1n) is 5.32. The summed E-state index contributed by atoms with van der Waals surface area (Å²) in [6.45, 7) is 0. The van der Waals surface area contributed by atoms with Gasteiger partial charge in [-0.25, -0.2) is 9.18 Å². The fraction of sp³-hybridized carbons (Fsp3) is 0.250. The number of hydrogen-bond donors (Lipinski definition) is 3. The van der Waals surface area contributed by atoms with Crippen LogP contribution in [0.1, 0.15) is 24.4 Å². The van der Waals surface area contributed by atoms with E-state index in [1.54, 1.807) is 12.1 Å². The van der Waals surface area contributed by atoms with E-state index in [-0.39, 0.29) is 23.3 Å². The van der Waals surface area contributed by atoms with E-state index in [2.05, 4.69) is 5.32 Å². The molecule has 0 bridgehead atoms. The van der Waals surface area contributed by atoms with Crippen LogP contribution < -0.4 is 11.1 Å². The highest BCUT2D eigenvalue weighted by Gasteiger charge is 2.23. The third-order valence-corrected chi connectivity index (χ3v) is 2.87. The minimum absolute atomic E-state index is 0.0568. The molecule has 0 amide bonds. The molecule has 4 nitrogen and oxygen atoms in total. The monoisotopic (exact) mass is 236 g/mol. The normalized spacial score (nSPS) is 19.9. The van der Waals surface area contributed by atoms with Crippen molar-refractivity contribution in [1.29, 1.82) is 0 Å². The van der Waals surface area contributed by atoms with Crippen LogP contribution in [0.15, 0.2) is 35.7 Å². The molecule has 2 rings (SSSR count). The van der Waals surface area contributed by atoms with Gasteiger partial charge in [0.2, 0.25) is 0 Å². The van der Waals surface area contributed by atoms with Crippen LogP contribution in [0.5, 0.6) is 0 Å². The number of rotatable bonds is 2. The van der Waals surface area contributed by atoms with Crippen LogP contribution >= 0.6 is 0 Å². The van der Waals surface area contributed by atoms with Gasteiger partial charge in [0.15, 0.2) is 0 Å². The zero-order valence-corrected chi connectivity index (χ0v) is 9.11. The van der Waals surface area contributed by atoms with Crippen molar-refractivity contribution in [2.45, 2.75) is 18.9 Å². The van der Waals surface area contributed by atoms with E-state index in [1.165, 1.54) is 12.1 Å². The summed E-state index contributed by atoms with van der Waals surface area (Å²) < 4.78 is 12.8. The van der Waals surface area contributed by atoms with Crippen molar-refractivity contribution < 1.29 is 14.3 Å². The average molecular weight is 236 g/mol. The molecule has 0 saturated heterocycles. The third kappa shape index (κ3) is 2.38. The Labute approximate surface area is 97.9 Å². The molecule has 1 aromatic carbocycles. The van der Waals surface area contributed by atoms with Crippen LogP contribution in [-0.4, -0.2) is 11.1 Å². The van der Waals surface area contributed by atoms with E-state index >= 15 is 0 Å². The zero-order valence-electron chi connectivity index (χ0n) is 9.11. The van der Waals surface area contributed by atoms with Crippen LogP contribution in [0.2, 0.25) is 0 Å². The highest BCUT2D eigenvalue weighted by molar-refractivity contribution is 5.87. The van der Waals surface area contributed by atoms with Crippen molar-refractivity contribution in [3.8, 4) is 0 Å². The van der Waals surface area contributed by atoms with E-state index in [4.69, 9.17) is 10.8 Å². The van der Waals surface area contributed by atoms with Gasteiger partial charge in [0.1, 0.15) is 11.6 Å². The van der Waals surface area contributed by atoms with E-state index in [9.17, 15) is 9.18 Å². The molecule has 90 valence electrons. The van der Waals surface area contributed by atoms with Crippen molar-refractivity contribution in [2.24, 2.45) is 5.73 Å². The molecule has 1 heterocycles. The van der Waals surface area contributed by atoms with E-state index in [1.807, 2.05) is 0 Å². The Balaban J connectivity index is 2.18. The smallest absolute Gasteiger partial charge is 0.335 e. The molecular formula is C12H13FN2O2. The van der Waals surface area contributed by atoms with Gasteiger partial charge < -0.3 is 16.2 Å². The van der Waals surface area contributed by atoms with Crippen LogP contribution in [0.4, 0.5) is 4.39 Å². The molecule has 17 heavy (non-hydrogen) atoms. The summed E-state index contributed by atoms with van der Waals surface area (Å²) in [5.41, 5.74) is 6.76. The number of benzene rings is 1. The summed E-state index contributed by atoms with van der Waals surface area (Å²) >= 11 is 0. The highest BCUT2D eigenvalue weighted by Crippen LogP contribution is 2.26. The van der Waals surface area contributed by atoms with Crippen molar-refractivity contribution in [3.05, 3.63) is 47.0 Å². The molecule has 1 atom stereocenters. The molecule has 0 aromatic heterocycles. The maximum atomic E-state index is 12.8. The first kappa shape index (κ1) is 11.4. The first-order valence-corrected chi connectivity index (χ1v) is 5.32. The van der Waals surface area contributed by atoms with Crippen LogP contribution in [0, 0.1) is 5.82 Å². The Hall–Kier alpha value is -2.04. The maximum absolute atomic E-state index is 12.8. The van der Waals surface area contributed by atoms with Gasteiger partial charge in [0.05, 0.1) is 11.6 Å². The number of nitrogens with two attached hydrogens (primary N) is 1. The summed E-state index contributed by atoms with van der Waals surface area (Å²) in [5, 5.41) is 11.8. The minimum atomic E-state index is -0.993. The number of hydrogen-bond acceptors (Lipinski definition) is 3. The van der Waals surface area contributed by atoms with Gasteiger partial charge in [-0.3, -0.25) is 0 Å². The second kappa shape index (κ2) is 4.45. The second-order valence-corrected chi connectivity index (χ2v) is 3.98. The minimum Gasteiger partial charge on any atom is -0.478 e. The molecule has 5 heteroatoms. The standard InChI is InChI=1S/C12H13FN2O2/c13-8-3-1-7(2-4-8)10-6-5-9(12(16)17)11(14)15-10/h1-4,10,15H,5-6,14H2,(H,16,17)/t10-/m1/s1. The summed E-state index contributed by atoms with van der Waals surface area (Å²) in [4.78, 5) is 10.8. The number of halogens is 1.